The number of rotatable bonds is 4. The molecule has 3 aromatic carbocycles. The molecule has 5 aromatic rings. The average molecular weight is 466 g/mol. The van der Waals surface area contributed by atoms with Gasteiger partial charge in [-0.1, -0.05) is 30.3 Å². The molecule has 0 atom stereocenters. The van der Waals surface area contributed by atoms with Gasteiger partial charge in [0, 0.05) is 65.1 Å². The molecular weight excluding hydrogens is 438 g/mol. The van der Waals surface area contributed by atoms with Crippen LogP contribution in [0.4, 0.5) is 0 Å². The van der Waals surface area contributed by atoms with Crippen LogP contribution >= 0.6 is 0 Å². The number of aromatic amines is 2. The van der Waals surface area contributed by atoms with Crippen LogP contribution in [0.25, 0.3) is 43.8 Å². The second-order valence-electron chi connectivity index (χ2n) is 9.39. The molecule has 1 aliphatic rings. The van der Waals surface area contributed by atoms with E-state index >= 15 is 0 Å². The molecule has 35 heavy (non-hydrogen) atoms. The molecule has 1 saturated heterocycles. The Kier molecular flexibility index (Phi) is 5.07. The summed E-state index contributed by atoms with van der Waals surface area (Å²) in [5, 5.41) is 3.18. The van der Waals surface area contributed by atoms with E-state index in [9.17, 15) is 9.59 Å². The van der Waals surface area contributed by atoms with Gasteiger partial charge in [0.05, 0.1) is 11.9 Å². The molecule has 0 saturated carbocycles. The van der Waals surface area contributed by atoms with Gasteiger partial charge >= 0.3 is 0 Å². The van der Waals surface area contributed by atoms with E-state index in [1.807, 2.05) is 41.4 Å². The number of amides is 2. The number of likely N-dealkylation sites (N-methyl/N-ethyl adjacent to an activating group) is 1. The number of nitrogens with two attached hydrogens (primary N) is 1. The summed E-state index contributed by atoms with van der Waals surface area (Å²) >= 11 is 0. The average Bonchev–Trinajstić information content (AvgIpc) is 3.49. The maximum absolute atomic E-state index is 13.2. The molecule has 0 spiro atoms. The summed E-state index contributed by atoms with van der Waals surface area (Å²) in [5.41, 5.74) is 12.1. The standard InChI is InChI=1S/C28H27N5O2/c1-32-11-13-33(14-12-32)28(35)18-6-8-22-24(15-18)31-27-17(16-25(29)34)5-7-21(26(22)27)19-3-2-4-23-20(19)9-10-30-23/h2-10,15,30-31H,11-14,16H2,1H3,(H2,29,34). The molecular formula is C28H27N5O2. The van der Waals surface area contributed by atoms with Crippen LogP contribution in [0.1, 0.15) is 15.9 Å². The van der Waals surface area contributed by atoms with Crippen molar-refractivity contribution in [2.75, 3.05) is 33.2 Å². The van der Waals surface area contributed by atoms with Gasteiger partial charge in [0.1, 0.15) is 0 Å². The highest BCUT2D eigenvalue weighted by molar-refractivity contribution is 6.18. The van der Waals surface area contributed by atoms with E-state index in [-0.39, 0.29) is 18.2 Å². The van der Waals surface area contributed by atoms with E-state index < -0.39 is 0 Å². The summed E-state index contributed by atoms with van der Waals surface area (Å²) in [4.78, 5) is 36.0. The van der Waals surface area contributed by atoms with Crippen molar-refractivity contribution in [3.63, 3.8) is 0 Å². The fraction of sp³-hybridized carbons (Fsp3) is 0.214. The Bertz CT molecular complexity index is 1600. The lowest BCUT2D eigenvalue weighted by atomic mass is 9.94. The van der Waals surface area contributed by atoms with Gasteiger partial charge in [0.15, 0.2) is 0 Å². The Morgan fingerprint density at radius 1 is 0.914 bits per heavy atom. The predicted molar refractivity (Wildman–Crippen MR) is 139 cm³/mol. The molecule has 1 aliphatic heterocycles. The van der Waals surface area contributed by atoms with Gasteiger partial charge in [-0.15, -0.1) is 0 Å². The van der Waals surface area contributed by atoms with E-state index in [1.165, 1.54) is 0 Å². The first-order chi connectivity index (χ1) is 17.0. The normalized spacial score (nSPS) is 14.8. The first kappa shape index (κ1) is 21.4. The first-order valence-corrected chi connectivity index (χ1v) is 11.9. The zero-order chi connectivity index (χ0) is 24.1. The molecule has 2 aromatic heterocycles. The Hall–Kier alpha value is -4.10. The Morgan fingerprint density at radius 2 is 1.74 bits per heavy atom. The van der Waals surface area contributed by atoms with Crippen molar-refractivity contribution in [1.29, 1.82) is 0 Å². The van der Waals surface area contributed by atoms with Gasteiger partial charge in [-0.2, -0.15) is 0 Å². The van der Waals surface area contributed by atoms with Gasteiger partial charge in [0.2, 0.25) is 5.91 Å². The zero-order valence-corrected chi connectivity index (χ0v) is 19.6. The minimum absolute atomic E-state index is 0.0494. The minimum Gasteiger partial charge on any atom is -0.369 e. The number of H-pyrrole nitrogens is 2. The molecule has 176 valence electrons. The number of benzene rings is 3. The summed E-state index contributed by atoms with van der Waals surface area (Å²) in [6, 6.07) is 18.2. The molecule has 4 N–H and O–H groups in total. The number of carbonyl (C=O) groups excluding carboxylic acids is 2. The van der Waals surface area contributed by atoms with Crippen molar-refractivity contribution in [2.45, 2.75) is 6.42 Å². The first-order valence-electron chi connectivity index (χ1n) is 11.9. The van der Waals surface area contributed by atoms with Crippen LogP contribution in [0.3, 0.4) is 0 Å². The highest BCUT2D eigenvalue weighted by atomic mass is 16.2. The lowest BCUT2D eigenvalue weighted by Crippen LogP contribution is -2.47. The van der Waals surface area contributed by atoms with Gasteiger partial charge in [0.25, 0.3) is 5.91 Å². The number of aromatic nitrogens is 2. The van der Waals surface area contributed by atoms with Gasteiger partial charge in [-0.3, -0.25) is 9.59 Å². The number of carbonyl (C=O) groups is 2. The lowest BCUT2D eigenvalue weighted by molar-refractivity contribution is -0.117. The largest absolute Gasteiger partial charge is 0.369 e. The SMILES string of the molecule is CN1CCN(C(=O)c2ccc3c(c2)[nH]c2c(CC(N)=O)ccc(-c4cccc5[nH]ccc45)c23)CC1. The third-order valence-electron chi connectivity index (χ3n) is 7.13. The van der Waals surface area contributed by atoms with Crippen molar-refractivity contribution in [3.8, 4) is 11.1 Å². The topological polar surface area (TPSA) is 98.2 Å². The van der Waals surface area contributed by atoms with E-state index in [0.29, 0.717) is 5.56 Å². The highest BCUT2D eigenvalue weighted by Crippen LogP contribution is 2.39. The van der Waals surface area contributed by atoms with E-state index in [0.717, 1.165) is 75.6 Å². The summed E-state index contributed by atoms with van der Waals surface area (Å²) in [7, 11) is 2.08. The zero-order valence-electron chi connectivity index (χ0n) is 19.6. The molecule has 0 unspecified atom stereocenters. The monoisotopic (exact) mass is 465 g/mol. The third-order valence-corrected chi connectivity index (χ3v) is 7.13. The van der Waals surface area contributed by atoms with Gasteiger partial charge < -0.3 is 25.5 Å². The third kappa shape index (κ3) is 3.65. The van der Waals surface area contributed by atoms with E-state index in [4.69, 9.17) is 5.73 Å². The second-order valence-corrected chi connectivity index (χ2v) is 9.39. The lowest BCUT2D eigenvalue weighted by Gasteiger charge is -2.32. The molecule has 7 heteroatoms. The Labute approximate surface area is 202 Å². The van der Waals surface area contributed by atoms with E-state index in [2.05, 4.69) is 46.2 Å². The van der Waals surface area contributed by atoms with Crippen LogP contribution in [0, 0.1) is 0 Å². The summed E-state index contributed by atoms with van der Waals surface area (Å²) in [6.07, 6.45) is 2.09. The van der Waals surface area contributed by atoms with Crippen LogP contribution in [-0.2, 0) is 11.2 Å². The maximum atomic E-state index is 13.2. The molecule has 0 bridgehead atoms. The second kappa shape index (κ2) is 8.29. The van der Waals surface area contributed by atoms with Crippen molar-refractivity contribution in [1.82, 2.24) is 19.8 Å². The summed E-state index contributed by atoms with van der Waals surface area (Å²) < 4.78 is 0. The molecule has 6 rings (SSSR count). The quantitative estimate of drug-likeness (QED) is 0.376. The van der Waals surface area contributed by atoms with Crippen LogP contribution < -0.4 is 5.73 Å². The smallest absolute Gasteiger partial charge is 0.254 e. The van der Waals surface area contributed by atoms with Crippen LogP contribution in [-0.4, -0.2) is 64.8 Å². The van der Waals surface area contributed by atoms with Gasteiger partial charge in [-0.05, 0) is 48.0 Å². The number of fused-ring (bicyclic) bond motifs is 4. The molecule has 2 amide bonds. The predicted octanol–water partition coefficient (Wildman–Crippen LogP) is 3.88. The number of hydrogen-bond donors (Lipinski definition) is 3. The van der Waals surface area contributed by atoms with Crippen LogP contribution in [0.15, 0.2) is 60.8 Å². The van der Waals surface area contributed by atoms with Crippen molar-refractivity contribution in [3.05, 3.63) is 71.9 Å². The molecule has 7 nitrogen and oxygen atoms in total. The molecule has 0 aliphatic carbocycles. The number of nitrogens with one attached hydrogen (secondary N) is 2. The number of primary amides is 1. The molecule has 0 radical (unpaired) electrons. The van der Waals surface area contributed by atoms with Crippen molar-refractivity contribution >= 4 is 44.5 Å². The minimum atomic E-state index is -0.378. The summed E-state index contributed by atoms with van der Waals surface area (Å²) in [5.74, 6) is -0.329. The molecule has 1 fully saturated rings. The Balaban J connectivity index is 1.53. The fourth-order valence-corrected chi connectivity index (χ4v) is 5.27. The Morgan fingerprint density at radius 3 is 2.54 bits per heavy atom. The molecule has 3 heterocycles. The number of hydrogen-bond acceptors (Lipinski definition) is 3. The van der Waals surface area contributed by atoms with Crippen LogP contribution in [0.5, 0.6) is 0 Å². The van der Waals surface area contributed by atoms with Crippen molar-refractivity contribution < 1.29 is 9.59 Å². The van der Waals surface area contributed by atoms with Gasteiger partial charge in [-0.25, -0.2) is 0 Å². The number of piperazine rings is 1. The summed E-state index contributed by atoms with van der Waals surface area (Å²) in [6.45, 7) is 3.22. The highest BCUT2D eigenvalue weighted by Gasteiger charge is 2.22. The van der Waals surface area contributed by atoms with Crippen LogP contribution in [0.2, 0.25) is 0 Å². The maximum Gasteiger partial charge on any atom is 0.254 e. The fourth-order valence-electron chi connectivity index (χ4n) is 5.27. The van der Waals surface area contributed by atoms with E-state index in [1.54, 1.807) is 0 Å². The number of nitrogens with zero attached hydrogens (tertiary/aromatic N) is 2. The van der Waals surface area contributed by atoms with Crippen molar-refractivity contribution in [2.24, 2.45) is 5.73 Å².